The normalized spacial score (nSPS) is 34.7. The van der Waals surface area contributed by atoms with Crippen molar-refractivity contribution in [2.24, 2.45) is 0 Å². The molecule has 0 aliphatic carbocycles. The molecule has 6 aliphatic rings. The van der Waals surface area contributed by atoms with Crippen LogP contribution in [0.5, 0.6) is 0 Å². The predicted molar refractivity (Wildman–Crippen MR) is 161 cm³/mol. The summed E-state index contributed by atoms with van der Waals surface area (Å²) >= 11 is 0. The van der Waals surface area contributed by atoms with Crippen LogP contribution in [0.4, 0.5) is 0 Å². The van der Waals surface area contributed by atoms with E-state index in [1.165, 1.54) is 113 Å². The summed E-state index contributed by atoms with van der Waals surface area (Å²) in [7, 11) is 9.83. The Morgan fingerprint density at radius 1 is 0.525 bits per heavy atom. The third-order valence-electron chi connectivity index (χ3n) is 10.9. The minimum Gasteiger partial charge on any atom is -1.00 e. The van der Waals surface area contributed by atoms with Crippen molar-refractivity contribution >= 4 is 0 Å². The molecule has 0 spiro atoms. The number of hydrogen-bond donors (Lipinski definition) is 0. The fourth-order valence-electron chi connectivity index (χ4n) is 8.15. The molecular formula is C34H54I2N4. The predicted octanol–water partition coefficient (Wildman–Crippen LogP) is -0.991. The maximum Gasteiger partial charge on any atom is 0.0796 e. The molecule has 4 bridgehead atoms. The zero-order valence-corrected chi connectivity index (χ0v) is 29.9. The van der Waals surface area contributed by atoms with Gasteiger partial charge in [0.05, 0.1) is 53.4 Å². The van der Waals surface area contributed by atoms with E-state index in [0.717, 1.165) is 0 Å². The van der Waals surface area contributed by atoms with Crippen LogP contribution in [-0.4, -0.2) is 112 Å². The standard InChI is InChI=1S/C34H54N4.2HI/c1-35-21-11-23-37(3)27-19-34(20-28-37,32-15-9-6-10-16-32)30-36(2)22-12-24-38(4)25-17-33(29-35,18-26-38)31-13-7-5-8-14-31;;/h5-10,13-16H,11-12,17-30H2,1-4H3;2*1H/q+2;;/p-2. The van der Waals surface area contributed by atoms with E-state index in [9.17, 15) is 0 Å². The lowest BCUT2D eigenvalue weighted by atomic mass is 9.71. The summed E-state index contributed by atoms with van der Waals surface area (Å²) in [6, 6.07) is 23.0. The second-order valence-electron chi connectivity index (χ2n) is 14.1. The Morgan fingerprint density at radius 3 is 1.18 bits per heavy atom. The van der Waals surface area contributed by atoms with Crippen LogP contribution in [0.25, 0.3) is 0 Å². The molecular weight excluding hydrogens is 718 g/mol. The number of halogens is 2. The van der Waals surface area contributed by atoms with Gasteiger partial charge < -0.3 is 66.7 Å². The molecule has 6 heterocycles. The van der Waals surface area contributed by atoms with Gasteiger partial charge >= 0.3 is 0 Å². The maximum atomic E-state index is 2.67. The van der Waals surface area contributed by atoms with Crippen LogP contribution in [0.3, 0.4) is 0 Å². The summed E-state index contributed by atoms with van der Waals surface area (Å²) in [4.78, 5) is 5.34. The Labute approximate surface area is 279 Å². The van der Waals surface area contributed by atoms with E-state index in [-0.39, 0.29) is 48.0 Å². The molecule has 0 atom stereocenters. The zero-order valence-electron chi connectivity index (χ0n) is 25.6. The van der Waals surface area contributed by atoms with Crippen molar-refractivity contribution in [2.45, 2.75) is 49.4 Å². The first kappa shape index (κ1) is 34.2. The average molecular weight is 773 g/mol. The van der Waals surface area contributed by atoms with Crippen LogP contribution >= 0.6 is 0 Å². The summed E-state index contributed by atoms with van der Waals surface area (Å²) in [5, 5.41) is 0. The molecule has 6 fully saturated rings. The highest BCUT2D eigenvalue weighted by Gasteiger charge is 2.44. The van der Waals surface area contributed by atoms with Gasteiger partial charge in [0.2, 0.25) is 0 Å². The van der Waals surface area contributed by atoms with Crippen LogP contribution in [0.2, 0.25) is 0 Å². The molecule has 224 valence electrons. The van der Waals surface area contributed by atoms with Gasteiger partial charge in [-0.3, -0.25) is 0 Å². The van der Waals surface area contributed by atoms with Gasteiger partial charge in [0, 0.05) is 75.5 Å². The summed E-state index contributed by atoms with van der Waals surface area (Å²) in [6.45, 7) is 12.6. The molecule has 6 saturated heterocycles. The number of quaternary nitrogens is 2. The Hall–Kier alpha value is -0.260. The topological polar surface area (TPSA) is 6.48 Å². The van der Waals surface area contributed by atoms with Crippen molar-refractivity contribution in [3.05, 3.63) is 71.8 Å². The van der Waals surface area contributed by atoms with Crippen molar-refractivity contribution < 1.29 is 56.9 Å². The molecule has 0 saturated carbocycles. The quantitative estimate of drug-likeness (QED) is 0.286. The summed E-state index contributed by atoms with van der Waals surface area (Å²) in [6.07, 6.45) is 7.81. The summed E-state index contributed by atoms with van der Waals surface area (Å²) in [5.74, 6) is 0. The monoisotopic (exact) mass is 772 g/mol. The van der Waals surface area contributed by atoms with Crippen molar-refractivity contribution in [2.75, 3.05) is 93.6 Å². The third kappa shape index (κ3) is 8.01. The molecule has 0 N–H and O–H groups in total. The molecule has 40 heavy (non-hydrogen) atoms. The molecule has 0 unspecified atom stereocenters. The molecule has 2 aromatic rings. The molecule has 2 aromatic carbocycles. The molecule has 0 radical (unpaired) electrons. The van der Waals surface area contributed by atoms with Gasteiger partial charge in [-0.05, 0) is 25.2 Å². The maximum absolute atomic E-state index is 2.67. The van der Waals surface area contributed by atoms with E-state index in [2.05, 4.69) is 98.7 Å². The van der Waals surface area contributed by atoms with Crippen molar-refractivity contribution in [3.63, 3.8) is 0 Å². The SMILES string of the molecule is CN1CCC[N+]2(C)CCC(c3ccccc3)(CC2)CN(C)CCC[N+]2(C)CCC(c3ccccc3)(CC2)C1.[I-].[I-]. The van der Waals surface area contributed by atoms with E-state index in [0.29, 0.717) is 10.8 Å². The second-order valence-corrected chi connectivity index (χ2v) is 14.1. The highest BCUT2D eigenvalue weighted by molar-refractivity contribution is 5.27. The largest absolute Gasteiger partial charge is 1.00 e. The summed E-state index contributed by atoms with van der Waals surface area (Å²) in [5.41, 5.74) is 3.74. The highest BCUT2D eigenvalue weighted by atomic mass is 127. The number of benzene rings is 2. The van der Waals surface area contributed by atoms with Gasteiger partial charge in [0.25, 0.3) is 0 Å². The number of nitrogens with zero attached hydrogens (tertiary/aromatic N) is 4. The van der Waals surface area contributed by atoms with Crippen LogP contribution in [-0.2, 0) is 10.8 Å². The van der Waals surface area contributed by atoms with Crippen molar-refractivity contribution in [1.82, 2.24) is 9.80 Å². The first-order valence-corrected chi connectivity index (χ1v) is 15.4. The minimum atomic E-state index is 0. The molecule has 6 heteroatoms. The Bertz CT molecular complexity index is 931. The molecule has 4 nitrogen and oxygen atoms in total. The van der Waals surface area contributed by atoms with E-state index < -0.39 is 0 Å². The van der Waals surface area contributed by atoms with Crippen LogP contribution in [0.1, 0.15) is 49.7 Å². The van der Waals surface area contributed by atoms with E-state index in [1.807, 2.05) is 0 Å². The third-order valence-corrected chi connectivity index (χ3v) is 10.9. The van der Waals surface area contributed by atoms with Gasteiger partial charge in [0.15, 0.2) is 0 Å². The Morgan fingerprint density at radius 2 is 0.850 bits per heavy atom. The first-order chi connectivity index (χ1) is 18.2. The number of piperidine rings is 2. The molecule has 0 amide bonds. The van der Waals surface area contributed by atoms with Gasteiger partial charge in [-0.2, -0.15) is 0 Å². The van der Waals surface area contributed by atoms with Crippen molar-refractivity contribution in [1.29, 1.82) is 0 Å². The molecule has 8 rings (SSSR count). The van der Waals surface area contributed by atoms with Crippen LogP contribution < -0.4 is 48.0 Å². The first-order valence-electron chi connectivity index (χ1n) is 15.4. The fourth-order valence-corrected chi connectivity index (χ4v) is 8.15. The van der Waals surface area contributed by atoms with Gasteiger partial charge in [-0.15, -0.1) is 0 Å². The van der Waals surface area contributed by atoms with E-state index in [4.69, 9.17) is 0 Å². The van der Waals surface area contributed by atoms with E-state index in [1.54, 1.807) is 11.1 Å². The van der Waals surface area contributed by atoms with Crippen LogP contribution in [0, 0.1) is 0 Å². The molecule has 6 aliphatic heterocycles. The minimum absolute atomic E-state index is 0. The van der Waals surface area contributed by atoms with Gasteiger partial charge in [-0.25, -0.2) is 0 Å². The molecule has 0 aromatic heterocycles. The number of rotatable bonds is 2. The fraction of sp³-hybridized carbons (Fsp3) is 0.647. The zero-order chi connectivity index (χ0) is 26.7. The Balaban J connectivity index is 0.00000220. The summed E-state index contributed by atoms with van der Waals surface area (Å²) < 4.78 is 2.48. The lowest BCUT2D eigenvalue weighted by molar-refractivity contribution is -0.916. The number of likely N-dealkylation sites (N-methyl/N-ethyl adjacent to an activating group) is 2. The lowest BCUT2D eigenvalue weighted by Gasteiger charge is -2.49. The number of hydrogen-bond acceptors (Lipinski definition) is 2. The Kier molecular flexibility index (Phi) is 12.4. The smallest absolute Gasteiger partial charge is 0.0796 e. The average Bonchev–Trinajstić information content (AvgIpc) is 2.92. The second kappa shape index (κ2) is 14.5. The van der Waals surface area contributed by atoms with Crippen molar-refractivity contribution in [3.8, 4) is 0 Å². The van der Waals surface area contributed by atoms with E-state index >= 15 is 0 Å². The highest BCUT2D eigenvalue weighted by Crippen LogP contribution is 2.40. The van der Waals surface area contributed by atoms with Crippen LogP contribution in [0.15, 0.2) is 60.7 Å². The lowest BCUT2D eigenvalue weighted by Crippen LogP contribution is -3.00. The van der Waals surface area contributed by atoms with Gasteiger partial charge in [0.1, 0.15) is 0 Å². The van der Waals surface area contributed by atoms with Gasteiger partial charge in [-0.1, -0.05) is 60.7 Å².